The highest BCUT2D eigenvalue weighted by Crippen LogP contribution is 2.23. The summed E-state index contributed by atoms with van der Waals surface area (Å²) in [5.74, 6) is -0.343. The topological polar surface area (TPSA) is 88.7 Å². The molecule has 1 unspecified atom stereocenters. The lowest BCUT2D eigenvalue weighted by Crippen LogP contribution is -2.31. The second-order valence-corrected chi connectivity index (χ2v) is 4.90. The van der Waals surface area contributed by atoms with E-state index >= 15 is 0 Å². The molecule has 1 aliphatic heterocycles. The first-order chi connectivity index (χ1) is 9.08. The monoisotopic (exact) mass is 265 g/mol. The lowest BCUT2D eigenvalue weighted by molar-refractivity contribution is 0.0576. The van der Waals surface area contributed by atoms with E-state index in [1.165, 1.54) is 12.3 Å². The quantitative estimate of drug-likeness (QED) is 0.851. The number of aromatic nitrogens is 1. The van der Waals surface area contributed by atoms with Crippen molar-refractivity contribution >= 4 is 17.5 Å². The van der Waals surface area contributed by atoms with Crippen molar-refractivity contribution in [2.45, 2.75) is 12.8 Å². The summed E-state index contributed by atoms with van der Waals surface area (Å²) in [7, 11) is 1.87. The molecule has 1 aromatic heterocycles. The standard InChI is InChI=1S/C13H19N3O3/c1-16(7-9-3-2-4-19-8-9)11-6-15-12(14)5-10(11)13(17)18/h5-6,9H,2-4,7-8H2,1H3,(H2,14,15)(H,17,18). The highest BCUT2D eigenvalue weighted by molar-refractivity contribution is 5.95. The fraction of sp³-hybridized carbons (Fsp3) is 0.538. The van der Waals surface area contributed by atoms with Crippen molar-refractivity contribution in [1.29, 1.82) is 0 Å². The van der Waals surface area contributed by atoms with Gasteiger partial charge in [0.2, 0.25) is 0 Å². The molecule has 2 rings (SSSR count). The Hall–Kier alpha value is -1.82. The smallest absolute Gasteiger partial charge is 0.338 e. The number of anilines is 2. The zero-order valence-electron chi connectivity index (χ0n) is 11.0. The van der Waals surface area contributed by atoms with Crippen LogP contribution in [-0.2, 0) is 4.74 Å². The van der Waals surface area contributed by atoms with Crippen molar-refractivity contribution in [3.63, 3.8) is 0 Å². The first kappa shape index (κ1) is 13.6. The number of ether oxygens (including phenoxy) is 1. The summed E-state index contributed by atoms with van der Waals surface area (Å²) < 4.78 is 5.44. The molecule has 1 aromatic rings. The van der Waals surface area contributed by atoms with E-state index in [1.807, 2.05) is 11.9 Å². The third kappa shape index (κ3) is 3.35. The van der Waals surface area contributed by atoms with Crippen LogP contribution in [0.25, 0.3) is 0 Å². The van der Waals surface area contributed by atoms with Gasteiger partial charge in [-0.25, -0.2) is 9.78 Å². The summed E-state index contributed by atoms with van der Waals surface area (Å²) in [5, 5.41) is 9.21. The van der Waals surface area contributed by atoms with Crippen LogP contribution in [0, 0.1) is 5.92 Å². The molecule has 1 saturated heterocycles. The van der Waals surface area contributed by atoms with E-state index in [0.717, 1.165) is 32.6 Å². The molecule has 6 heteroatoms. The normalized spacial score (nSPS) is 19.1. The molecule has 0 amide bonds. The van der Waals surface area contributed by atoms with Crippen LogP contribution in [0.2, 0.25) is 0 Å². The molecule has 19 heavy (non-hydrogen) atoms. The maximum absolute atomic E-state index is 11.2. The molecule has 3 N–H and O–H groups in total. The van der Waals surface area contributed by atoms with E-state index in [1.54, 1.807) is 0 Å². The molecule has 0 saturated carbocycles. The third-order valence-corrected chi connectivity index (χ3v) is 3.33. The van der Waals surface area contributed by atoms with Gasteiger partial charge in [0, 0.05) is 20.2 Å². The SMILES string of the molecule is CN(CC1CCCOC1)c1cnc(N)cc1C(=O)O. The van der Waals surface area contributed by atoms with Gasteiger partial charge < -0.3 is 20.5 Å². The maximum atomic E-state index is 11.2. The van der Waals surface area contributed by atoms with Gasteiger partial charge in [0.1, 0.15) is 5.82 Å². The van der Waals surface area contributed by atoms with Gasteiger partial charge in [-0.1, -0.05) is 0 Å². The van der Waals surface area contributed by atoms with E-state index in [4.69, 9.17) is 10.5 Å². The van der Waals surface area contributed by atoms with Crippen LogP contribution in [0.1, 0.15) is 23.2 Å². The summed E-state index contributed by atoms with van der Waals surface area (Å²) >= 11 is 0. The average Bonchev–Trinajstić information content (AvgIpc) is 2.39. The average molecular weight is 265 g/mol. The zero-order chi connectivity index (χ0) is 13.8. The number of aromatic carboxylic acids is 1. The van der Waals surface area contributed by atoms with E-state index in [9.17, 15) is 9.90 Å². The molecule has 1 aliphatic rings. The largest absolute Gasteiger partial charge is 0.478 e. The fourth-order valence-electron chi connectivity index (χ4n) is 2.38. The van der Waals surface area contributed by atoms with E-state index in [-0.39, 0.29) is 11.4 Å². The second-order valence-electron chi connectivity index (χ2n) is 4.90. The molecular formula is C13H19N3O3. The first-order valence-electron chi connectivity index (χ1n) is 6.35. The van der Waals surface area contributed by atoms with Crippen molar-refractivity contribution in [2.24, 2.45) is 5.92 Å². The minimum Gasteiger partial charge on any atom is -0.478 e. The third-order valence-electron chi connectivity index (χ3n) is 3.33. The molecule has 0 bridgehead atoms. The fourth-order valence-corrected chi connectivity index (χ4v) is 2.38. The van der Waals surface area contributed by atoms with Crippen LogP contribution in [0.3, 0.4) is 0 Å². The van der Waals surface area contributed by atoms with Gasteiger partial charge in [-0.3, -0.25) is 0 Å². The lowest BCUT2D eigenvalue weighted by atomic mass is 10.0. The zero-order valence-corrected chi connectivity index (χ0v) is 11.0. The Kier molecular flexibility index (Phi) is 4.21. The molecule has 1 atom stereocenters. The van der Waals surface area contributed by atoms with Gasteiger partial charge in [0.15, 0.2) is 0 Å². The number of nitrogens with zero attached hydrogens (tertiary/aromatic N) is 2. The van der Waals surface area contributed by atoms with Gasteiger partial charge in [-0.05, 0) is 24.8 Å². The Bertz CT molecular complexity index is 458. The van der Waals surface area contributed by atoms with Crippen LogP contribution >= 0.6 is 0 Å². The Morgan fingerprint density at radius 1 is 1.68 bits per heavy atom. The number of carboxylic acid groups (broad SMARTS) is 1. The van der Waals surface area contributed by atoms with Crippen molar-refractivity contribution in [2.75, 3.05) is 37.4 Å². The molecule has 2 heterocycles. The molecular weight excluding hydrogens is 246 g/mol. The molecule has 0 radical (unpaired) electrons. The Balaban J connectivity index is 2.13. The van der Waals surface area contributed by atoms with Crippen molar-refractivity contribution < 1.29 is 14.6 Å². The van der Waals surface area contributed by atoms with Gasteiger partial charge in [0.05, 0.1) is 24.1 Å². The van der Waals surface area contributed by atoms with Crippen molar-refractivity contribution in [3.05, 3.63) is 17.8 Å². The van der Waals surface area contributed by atoms with E-state index in [2.05, 4.69) is 4.98 Å². The molecule has 0 aliphatic carbocycles. The van der Waals surface area contributed by atoms with Crippen LogP contribution in [-0.4, -0.2) is 42.9 Å². The van der Waals surface area contributed by atoms with E-state index < -0.39 is 5.97 Å². The van der Waals surface area contributed by atoms with Gasteiger partial charge in [0.25, 0.3) is 0 Å². The number of rotatable bonds is 4. The minimum atomic E-state index is -0.990. The van der Waals surface area contributed by atoms with Crippen LogP contribution < -0.4 is 10.6 Å². The maximum Gasteiger partial charge on any atom is 0.338 e. The molecule has 0 aromatic carbocycles. The number of pyridine rings is 1. The summed E-state index contributed by atoms with van der Waals surface area (Å²) in [6, 6.07) is 1.39. The first-order valence-corrected chi connectivity index (χ1v) is 6.35. The van der Waals surface area contributed by atoms with Crippen molar-refractivity contribution in [3.8, 4) is 0 Å². The van der Waals surface area contributed by atoms with Crippen molar-refractivity contribution in [1.82, 2.24) is 4.98 Å². The van der Waals surface area contributed by atoms with Crippen LogP contribution in [0.4, 0.5) is 11.5 Å². The summed E-state index contributed by atoms with van der Waals surface area (Å²) in [6.45, 7) is 2.31. The number of carboxylic acids is 1. The Morgan fingerprint density at radius 3 is 3.11 bits per heavy atom. The summed E-state index contributed by atoms with van der Waals surface area (Å²) in [5.41, 5.74) is 6.31. The highest BCUT2D eigenvalue weighted by Gasteiger charge is 2.20. The highest BCUT2D eigenvalue weighted by atomic mass is 16.5. The summed E-state index contributed by atoms with van der Waals surface area (Å²) in [6.07, 6.45) is 3.68. The number of hydrogen-bond acceptors (Lipinski definition) is 5. The van der Waals surface area contributed by atoms with Gasteiger partial charge in [-0.15, -0.1) is 0 Å². The Morgan fingerprint density at radius 2 is 2.47 bits per heavy atom. The predicted octanol–water partition coefficient (Wildman–Crippen LogP) is 1.22. The summed E-state index contributed by atoms with van der Waals surface area (Å²) in [4.78, 5) is 17.1. The lowest BCUT2D eigenvalue weighted by Gasteiger charge is -2.29. The number of carbonyl (C=O) groups is 1. The molecule has 0 spiro atoms. The number of nitrogen functional groups attached to an aromatic ring is 1. The number of hydrogen-bond donors (Lipinski definition) is 2. The second kappa shape index (κ2) is 5.88. The van der Waals surface area contributed by atoms with Crippen LogP contribution in [0.5, 0.6) is 0 Å². The number of nitrogens with two attached hydrogens (primary N) is 1. The van der Waals surface area contributed by atoms with E-state index in [0.29, 0.717) is 11.6 Å². The Labute approximate surface area is 112 Å². The van der Waals surface area contributed by atoms with Gasteiger partial charge >= 0.3 is 5.97 Å². The molecule has 6 nitrogen and oxygen atoms in total. The van der Waals surface area contributed by atoms with Gasteiger partial charge in [-0.2, -0.15) is 0 Å². The molecule has 104 valence electrons. The predicted molar refractivity (Wildman–Crippen MR) is 72.4 cm³/mol. The van der Waals surface area contributed by atoms with Crippen LogP contribution in [0.15, 0.2) is 12.3 Å². The minimum absolute atomic E-state index is 0.187. The molecule has 1 fully saturated rings.